The lowest BCUT2D eigenvalue weighted by molar-refractivity contribution is 0.0600. The lowest BCUT2D eigenvalue weighted by Gasteiger charge is -2.34. The van der Waals surface area contributed by atoms with E-state index in [1.807, 2.05) is 4.90 Å². The number of methoxy groups -OCH3 is 2. The van der Waals surface area contributed by atoms with E-state index in [4.69, 9.17) is 9.47 Å². The van der Waals surface area contributed by atoms with Crippen molar-refractivity contribution >= 4 is 15.7 Å². The number of nitrogens with zero attached hydrogens (tertiary/aromatic N) is 1. The van der Waals surface area contributed by atoms with Gasteiger partial charge in [0.2, 0.25) is 0 Å². The molecule has 0 spiro atoms. The van der Waals surface area contributed by atoms with Gasteiger partial charge in [0.15, 0.2) is 9.84 Å². The van der Waals surface area contributed by atoms with Crippen LogP contribution in [0.15, 0.2) is 18.2 Å². The molecule has 1 unspecified atom stereocenters. The van der Waals surface area contributed by atoms with Gasteiger partial charge in [0.25, 0.3) is 5.91 Å². The summed E-state index contributed by atoms with van der Waals surface area (Å²) in [6.07, 6.45) is 4.54. The second kappa shape index (κ2) is 7.23. The number of amides is 1. The predicted molar refractivity (Wildman–Crippen MR) is 95.0 cm³/mol. The maximum atomic E-state index is 13.3. The van der Waals surface area contributed by atoms with Gasteiger partial charge in [-0.2, -0.15) is 0 Å². The maximum absolute atomic E-state index is 13.3. The zero-order valence-corrected chi connectivity index (χ0v) is 15.5. The minimum atomic E-state index is -3.05. The quantitative estimate of drug-likeness (QED) is 0.798. The molecule has 6 nitrogen and oxygen atoms in total. The van der Waals surface area contributed by atoms with Crippen LogP contribution in [0, 0.1) is 0 Å². The van der Waals surface area contributed by atoms with E-state index in [0.717, 1.165) is 25.7 Å². The van der Waals surface area contributed by atoms with Gasteiger partial charge < -0.3 is 14.4 Å². The van der Waals surface area contributed by atoms with E-state index in [0.29, 0.717) is 23.5 Å². The van der Waals surface area contributed by atoms with Crippen LogP contribution < -0.4 is 9.47 Å². The van der Waals surface area contributed by atoms with Crippen LogP contribution in [-0.4, -0.2) is 57.0 Å². The molecule has 2 aliphatic rings. The highest BCUT2D eigenvalue weighted by Gasteiger charge is 2.39. The number of carbonyl (C=O) groups is 1. The van der Waals surface area contributed by atoms with Crippen molar-refractivity contribution in [3.05, 3.63) is 23.8 Å². The molecule has 138 valence electrons. The Labute approximate surface area is 149 Å². The van der Waals surface area contributed by atoms with Gasteiger partial charge in [-0.15, -0.1) is 0 Å². The van der Waals surface area contributed by atoms with Gasteiger partial charge in [-0.05, 0) is 31.4 Å². The van der Waals surface area contributed by atoms with E-state index in [1.165, 1.54) is 0 Å². The normalized spacial score (nSPS) is 22.7. The Morgan fingerprint density at radius 1 is 1.00 bits per heavy atom. The van der Waals surface area contributed by atoms with Gasteiger partial charge in [0.1, 0.15) is 11.5 Å². The van der Waals surface area contributed by atoms with E-state index >= 15 is 0 Å². The van der Waals surface area contributed by atoms with Gasteiger partial charge in [-0.25, -0.2) is 8.42 Å². The average Bonchev–Trinajstić information content (AvgIpc) is 3.24. The van der Waals surface area contributed by atoms with Crippen molar-refractivity contribution in [1.29, 1.82) is 0 Å². The molecule has 1 atom stereocenters. The molecule has 7 heteroatoms. The molecule has 3 rings (SSSR count). The maximum Gasteiger partial charge on any atom is 0.254 e. The molecule has 0 aromatic heterocycles. The van der Waals surface area contributed by atoms with Crippen LogP contribution in [0.25, 0.3) is 0 Å². The van der Waals surface area contributed by atoms with Crippen LogP contribution in [0.4, 0.5) is 0 Å². The highest BCUT2D eigenvalue weighted by atomic mass is 32.2. The second-order valence-corrected chi connectivity index (χ2v) is 9.04. The molecular weight excluding hydrogens is 342 g/mol. The Morgan fingerprint density at radius 2 is 1.60 bits per heavy atom. The fraction of sp³-hybridized carbons (Fsp3) is 0.611. The number of benzene rings is 1. The monoisotopic (exact) mass is 367 g/mol. The topological polar surface area (TPSA) is 72.9 Å². The lowest BCUT2D eigenvalue weighted by Crippen LogP contribution is -2.46. The minimum absolute atomic E-state index is 0.0658. The average molecular weight is 367 g/mol. The third-order valence-corrected chi connectivity index (χ3v) is 6.90. The highest BCUT2D eigenvalue weighted by molar-refractivity contribution is 7.91. The molecular formula is C18H25NO5S. The SMILES string of the molecule is COc1cc(OC)cc(C(=O)N(C2CCCC2)C2CCS(=O)(=O)C2)c1. The summed E-state index contributed by atoms with van der Waals surface area (Å²) in [6.45, 7) is 0. The zero-order valence-electron chi connectivity index (χ0n) is 14.7. The fourth-order valence-corrected chi connectivity index (χ4v) is 5.60. The van der Waals surface area contributed by atoms with Crippen LogP contribution >= 0.6 is 0 Å². The molecule has 0 radical (unpaired) electrons. The van der Waals surface area contributed by atoms with Gasteiger partial charge in [-0.3, -0.25) is 4.79 Å². The predicted octanol–water partition coefficient (Wildman–Crippen LogP) is 2.28. The van der Waals surface area contributed by atoms with Gasteiger partial charge in [0, 0.05) is 23.7 Å². The third-order valence-electron chi connectivity index (χ3n) is 5.15. The summed E-state index contributed by atoms with van der Waals surface area (Å²) < 4.78 is 34.4. The van der Waals surface area contributed by atoms with E-state index < -0.39 is 9.84 Å². The van der Waals surface area contributed by atoms with Crippen LogP contribution in [0.5, 0.6) is 11.5 Å². The van der Waals surface area contributed by atoms with Crippen LogP contribution in [-0.2, 0) is 9.84 Å². The van der Waals surface area contributed by atoms with Crippen molar-refractivity contribution < 1.29 is 22.7 Å². The first kappa shape index (κ1) is 18.0. The summed E-state index contributed by atoms with van der Waals surface area (Å²) in [5.41, 5.74) is 0.479. The molecule has 2 fully saturated rings. The Hall–Kier alpha value is -1.76. The molecule has 1 amide bonds. The first-order valence-corrected chi connectivity index (χ1v) is 10.5. The number of sulfone groups is 1. The lowest BCUT2D eigenvalue weighted by atomic mass is 10.1. The summed E-state index contributed by atoms with van der Waals surface area (Å²) in [5, 5.41) is 0. The van der Waals surface area contributed by atoms with E-state index in [2.05, 4.69) is 0 Å². The van der Waals surface area contributed by atoms with Gasteiger partial charge in [0.05, 0.1) is 25.7 Å². The van der Waals surface area contributed by atoms with Crippen molar-refractivity contribution in [2.45, 2.75) is 44.2 Å². The van der Waals surface area contributed by atoms with Crippen molar-refractivity contribution in [2.24, 2.45) is 0 Å². The van der Waals surface area contributed by atoms with Crippen LogP contribution in [0.2, 0.25) is 0 Å². The van der Waals surface area contributed by atoms with Crippen LogP contribution in [0.3, 0.4) is 0 Å². The first-order valence-electron chi connectivity index (χ1n) is 8.69. The van der Waals surface area contributed by atoms with Crippen molar-refractivity contribution in [2.75, 3.05) is 25.7 Å². The second-order valence-electron chi connectivity index (χ2n) is 6.81. The molecule has 0 N–H and O–H groups in total. The smallest absolute Gasteiger partial charge is 0.254 e. The van der Waals surface area contributed by atoms with Crippen molar-refractivity contribution in [3.8, 4) is 11.5 Å². The molecule has 1 heterocycles. The molecule has 1 aromatic rings. The van der Waals surface area contributed by atoms with Gasteiger partial charge >= 0.3 is 0 Å². The zero-order chi connectivity index (χ0) is 18.0. The number of ether oxygens (including phenoxy) is 2. The van der Waals surface area contributed by atoms with E-state index in [9.17, 15) is 13.2 Å². The van der Waals surface area contributed by atoms with Crippen molar-refractivity contribution in [1.82, 2.24) is 4.90 Å². The highest BCUT2D eigenvalue weighted by Crippen LogP contribution is 2.32. The molecule has 1 saturated carbocycles. The largest absolute Gasteiger partial charge is 0.497 e. The summed E-state index contributed by atoms with van der Waals surface area (Å²) in [7, 11) is 0.0313. The van der Waals surface area contributed by atoms with Crippen LogP contribution in [0.1, 0.15) is 42.5 Å². The number of rotatable bonds is 5. The Morgan fingerprint density at radius 3 is 2.08 bits per heavy atom. The van der Waals surface area contributed by atoms with E-state index in [1.54, 1.807) is 32.4 Å². The third kappa shape index (κ3) is 3.92. The molecule has 1 aliphatic carbocycles. The molecule has 0 bridgehead atoms. The number of hydrogen-bond acceptors (Lipinski definition) is 5. The molecule has 1 aliphatic heterocycles. The molecule has 1 aromatic carbocycles. The van der Waals surface area contributed by atoms with Crippen molar-refractivity contribution in [3.63, 3.8) is 0 Å². The summed E-state index contributed by atoms with van der Waals surface area (Å²) in [4.78, 5) is 15.1. The standard InChI is InChI=1S/C18H25NO5S/c1-23-16-9-13(10-17(11-16)24-2)18(20)19(14-5-3-4-6-14)15-7-8-25(21,22)12-15/h9-11,14-15H,3-8,12H2,1-2H3. The fourth-order valence-electron chi connectivity index (χ4n) is 3.89. The van der Waals surface area contributed by atoms with Gasteiger partial charge in [-0.1, -0.05) is 12.8 Å². The Bertz CT molecular complexity index is 718. The molecule has 25 heavy (non-hydrogen) atoms. The first-order chi connectivity index (χ1) is 11.9. The Balaban J connectivity index is 1.94. The minimum Gasteiger partial charge on any atom is -0.497 e. The summed E-state index contributed by atoms with van der Waals surface area (Å²) in [5.74, 6) is 1.19. The molecule has 1 saturated heterocycles. The summed E-state index contributed by atoms with van der Waals surface area (Å²) >= 11 is 0. The summed E-state index contributed by atoms with van der Waals surface area (Å²) in [6, 6.07) is 4.98. The number of hydrogen-bond donors (Lipinski definition) is 0. The number of carbonyl (C=O) groups excluding carboxylic acids is 1. The Kier molecular flexibility index (Phi) is 5.22. The van der Waals surface area contributed by atoms with E-state index in [-0.39, 0.29) is 29.5 Å².